The van der Waals surface area contributed by atoms with E-state index in [1.165, 1.54) is 58.3 Å². The van der Waals surface area contributed by atoms with Gasteiger partial charge in [0.15, 0.2) is 0 Å². The monoisotopic (exact) mass is 330 g/mol. The fourth-order valence-corrected chi connectivity index (χ4v) is 3.65. The Balaban J connectivity index is 0.00000112. The molecule has 4 nitrogen and oxygen atoms in total. The zero-order valence-corrected chi connectivity index (χ0v) is 16.1. The van der Waals surface area contributed by atoms with E-state index in [9.17, 15) is 0 Å². The van der Waals surface area contributed by atoms with Gasteiger partial charge in [-0.2, -0.15) is 0 Å². The van der Waals surface area contributed by atoms with E-state index in [4.69, 9.17) is 10.2 Å². The maximum atomic E-state index is 8.95. The summed E-state index contributed by atoms with van der Waals surface area (Å²) in [7, 11) is 0. The summed E-state index contributed by atoms with van der Waals surface area (Å²) in [5.74, 6) is 1.81. The van der Waals surface area contributed by atoms with Crippen LogP contribution in [-0.2, 0) is 0 Å². The summed E-state index contributed by atoms with van der Waals surface area (Å²) < 4.78 is 0. The quantitative estimate of drug-likeness (QED) is 0.786. The summed E-state index contributed by atoms with van der Waals surface area (Å²) in [5.41, 5.74) is 0. The van der Waals surface area contributed by atoms with E-state index in [0.29, 0.717) is 13.2 Å². The van der Waals surface area contributed by atoms with Crippen LogP contribution >= 0.6 is 0 Å². The number of hydrogen-bond acceptors (Lipinski definition) is 4. The van der Waals surface area contributed by atoms with Crippen molar-refractivity contribution in [2.24, 2.45) is 11.8 Å². The average molecular weight is 331 g/mol. The first-order valence-corrected chi connectivity index (χ1v) is 9.98. The Morgan fingerprint density at radius 1 is 0.652 bits per heavy atom. The first-order chi connectivity index (χ1) is 11.3. The number of likely N-dealkylation sites (tertiary alicyclic amines) is 2. The molecule has 0 aliphatic carbocycles. The summed E-state index contributed by atoms with van der Waals surface area (Å²) in [6, 6.07) is 0. The molecule has 0 aromatic carbocycles. The number of β-amino-alcohol motifs (C(OH)–C–C–N with tert-alkyl or cyclic N) is 2. The second-order valence-corrected chi connectivity index (χ2v) is 6.25. The van der Waals surface area contributed by atoms with Gasteiger partial charge in [0.25, 0.3) is 0 Å². The zero-order valence-electron chi connectivity index (χ0n) is 16.1. The van der Waals surface area contributed by atoms with Crippen molar-refractivity contribution in [1.29, 1.82) is 0 Å². The second kappa shape index (κ2) is 15.4. The van der Waals surface area contributed by atoms with Gasteiger partial charge in [-0.3, -0.25) is 0 Å². The van der Waals surface area contributed by atoms with Crippen molar-refractivity contribution < 1.29 is 10.2 Å². The highest BCUT2D eigenvalue weighted by Crippen LogP contribution is 2.29. The number of piperidine rings is 2. The molecule has 0 unspecified atom stereocenters. The minimum atomic E-state index is 0.300. The van der Waals surface area contributed by atoms with Crippen LogP contribution in [0.25, 0.3) is 0 Å². The molecule has 23 heavy (non-hydrogen) atoms. The van der Waals surface area contributed by atoms with E-state index in [0.717, 1.165) is 24.9 Å². The lowest BCUT2D eigenvalue weighted by Crippen LogP contribution is -2.38. The molecule has 0 atom stereocenters. The molecule has 2 heterocycles. The maximum absolute atomic E-state index is 8.95. The molecule has 0 aromatic heterocycles. The van der Waals surface area contributed by atoms with Crippen LogP contribution in [0.15, 0.2) is 0 Å². The van der Waals surface area contributed by atoms with E-state index in [2.05, 4.69) is 9.80 Å². The van der Waals surface area contributed by atoms with Gasteiger partial charge in [0.1, 0.15) is 0 Å². The SMILES string of the molecule is CC.CC.OCCN1CCC(CC2CCN(CCO)CC2)CC1. The molecule has 0 saturated carbocycles. The predicted octanol–water partition coefficient (Wildman–Crippen LogP) is 2.84. The number of rotatable bonds is 6. The lowest BCUT2D eigenvalue weighted by molar-refractivity contribution is 0.111. The normalized spacial score (nSPS) is 21.1. The number of nitrogens with zero attached hydrogens (tertiary/aromatic N) is 2. The first kappa shape index (κ1) is 22.8. The standard InChI is InChI=1S/C15H30N2O2.2C2H6/c18-11-9-16-5-1-14(2-6-16)13-15-3-7-17(8-4-15)10-12-19;2*1-2/h14-15,18-19H,1-13H2;2*1-2H3. The fraction of sp³-hybridized carbons (Fsp3) is 1.00. The lowest BCUT2D eigenvalue weighted by Gasteiger charge is -2.36. The van der Waals surface area contributed by atoms with Gasteiger partial charge in [-0.25, -0.2) is 0 Å². The molecular weight excluding hydrogens is 288 g/mol. The molecule has 2 aliphatic rings. The molecule has 0 aromatic rings. The Kier molecular flexibility index (Phi) is 15.3. The van der Waals surface area contributed by atoms with Crippen molar-refractivity contribution in [3.8, 4) is 0 Å². The van der Waals surface area contributed by atoms with Gasteiger partial charge in [-0.15, -0.1) is 0 Å². The molecule has 2 N–H and O–H groups in total. The Labute approximate surface area is 144 Å². The molecule has 2 fully saturated rings. The topological polar surface area (TPSA) is 46.9 Å². The van der Waals surface area contributed by atoms with E-state index in [-0.39, 0.29) is 0 Å². The molecule has 2 saturated heterocycles. The molecule has 0 radical (unpaired) electrons. The van der Waals surface area contributed by atoms with Gasteiger partial charge < -0.3 is 20.0 Å². The molecule has 4 heteroatoms. The van der Waals surface area contributed by atoms with Crippen molar-refractivity contribution >= 4 is 0 Å². The fourth-order valence-electron chi connectivity index (χ4n) is 3.65. The summed E-state index contributed by atoms with van der Waals surface area (Å²) in [6.45, 7) is 15.0. The summed E-state index contributed by atoms with van der Waals surface area (Å²) in [6.07, 6.45) is 6.67. The Morgan fingerprint density at radius 2 is 0.957 bits per heavy atom. The van der Waals surface area contributed by atoms with Gasteiger partial charge >= 0.3 is 0 Å². The molecular formula is C19H42N2O2. The molecule has 0 bridgehead atoms. The molecule has 0 amide bonds. The summed E-state index contributed by atoms with van der Waals surface area (Å²) >= 11 is 0. The third kappa shape index (κ3) is 9.65. The molecule has 140 valence electrons. The maximum Gasteiger partial charge on any atom is 0.0558 e. The van der Waals surface area contributed by atoms with E-state index in [1.807, 2.05) is 27.7 Å². The number of hydrogen-bond donors (Lipinski definition) is 2. The predicted molar refractivity (Wildman–Crippen MR) is 99.8 cm³/mol. The lowest BCUT2D eigenvalue weighted by atomic mass is 9.83. The smallest absolute Gasteiger partial charge is 0.0558 e. The zero-order chi connectivity index (χ0) is 17.5. The van der Waals surface area contributed by atoms with Crippen LogP contribution in [0.3, 0.4) is 0 Å². The third-order valence-electron chi connectivity index (χ3n) is 4.91. The van der Waals surface area contributed by atoms with Crippen molar-refractivity contribution in [2.45, 2.75) is 59.8 Å². The highest BCUT2D eigenvalue weighted by molar-refractivity contribution is 4.78. The van der Waals surface area contributed by atoms with Crippen molar-refractivity contribution in [3.63, 3.8) is 0 Å². The van der Waals surface area contributed by atoms with Gasteiger partial charge in [0, 0.05) is 13.1 Å². The van der Waals surface area contributed by atoms with Gasteiger partial charge in [0.2, 0.25) is 0 Å². The van der Waals surface area contributed by atoms with E-state index in [1.54, 1.807) is 0 Å². The van der Waals surface area contributed by atoms with Gasteiger partial charge in [-0.1, -0.05) is 27.7 Å². The van der Waals surface area contributed by atoms with Crippen molar-refractivity contribution in [2.75, 3.05) is 52.5 Å². The van der Waals surface area contributed by atoms with Crippen LogP contribution in [-0.4, -0.2) is 72.5 Å². The van der Waals surface area contributed by atoms with Gasteiger partial charge in [-0.05, 0) is 70.1 Å². The molecule has 0 spiro atoms. The first-order valence-electron chi connectivity index (χ1n) is 9.98. The van der Waals surface area contributed by atoms with Crippen molar-refractivity contribution in [3.05, 3.63) is 0 Å². The Hall–Kier alpha value is -0.160. The van der Waals surface area contributed by atoms with Crippen LogP contribution in [0.2, 0.25) is 0 Å². The van der Waals surface area contributed by atoms with E-state index < -0.39 is 0 Å². The van der Waals surface area contributed by atoms with Crippen LogP contribution in [0.1, 0.15) is 59.8 Å². The van der Waals surface area contributed by atoms with Gasteiger partial charge in [0.05, 0.1) is 13.2 Å². The minimum Gasteiger partial charge on any atom is -0.395 e. The average Bonchev–Trinajstić information content (AvgIpc) is 2.62. The summed E-state index contributed by atoms with van der Waals surface area (Å²) in [5, 5.41) is 17.9. The van der Waals surface area contributed by atoms with Crippen LogP contribution in [0, 0.1) is 11.8 Å². The van der Waals surface area contributed by atoms with Crippen molar-refractivity contribution in [1.82, 2.24) is 9.80 Å². The van der Waals surface area contributed by atoms with Crippen LogP contribution in [0.4, 0.5) is 0 Å². The van der Waals surface area contributed by atoms with Crippen LogP contribution in [0.5, 0.6) is 0 Å². The highest BCUT2D eigenvalue weighted by Gasteiger charge is 2.24. The molecule has 2 rings (SSSR count). The number of aliphatic hydroxyl groups excluding tert-OH is 2. The summed E-state index contributed by atoms with van der Waals surface area (Å²) in [4.78, 5) is 4.78. The Bertz CT molecular complexity index is 212. The highest BCUT2D eigenvalue weighted by atomic mass is 16.3. The molecule has 2 aliphatic heterocycles. The largest absolute Gasteiger partial charge is 0.395 e. The van der Waals surface area contributed by atoms with E-state index >= 15 is 0 Å². The Morgan fingerprint density at radius 3 is 1.22 bits per heavy atom. The third-order valence-corrected chi connectivity index (χ3v) is 4.91. The second-order valence-electron chi connectivity index (χ2n) is 6.25. The minimum absolute atomic E-state index is 0.300. The number of aliphatic hydroxyl groups is 2. The van der Waals surface area contributed by atoms with Crippen LogP contribution < -0.4 is 0 Å².